The number of nitrogens with one attached hydrogen (secondary N) is 3. The van der Waals surface area contributed by atoms with Gasteiger partial charge in [-0.05, 0) is 55.7 Å². The first kappa shape index (κ1) is 23.2. The Morgan fingerprint density at radius 1 is 1.26 bits per heavy atom. The van der Waals surface area contributed by atoms with Gasteiger partial charge in [0.25, 0.3) is 5.91 Å². The number of aromatic nitrogens is 1. The molecule has 1 aliphatic carbocycles. The van der Waals surface area contributed by atoms with Gasteiger partial charge in [-0.2, -0.15) is 0 Å². The maximum Gasteiger partial charge on any atom is 0.326 e. The Bertz CT molecular complexity index is 1180. The van der Waals surface area contributed by atoms with Crippen LogP contribution < -0.4 is 15.4 Å². The molecule has 4 N–H and O–H groups in total. The van der Waals surface area contributed by atoms with E-state index in [1.807, 2.05) is 18.2 Å². The topological polar surface area (TPSA) is 141 Å². The lowest BCUT2D eigenvalue weighted by Gasteiger charge is -2.28. The van der Waals surface area contributed by atoms with Crippen molar-refractivity contribution in [3.05, 3.63) is 30.0 Å². The maximum absolute atomic E-state index is 13.6. The van der Waals surface area contributed by atoms with Crippen molar-refractivity contribution < 1.29 is 29.0 Å². The number of ether oxygens (including phenoxy) is 1. The first-order valence-electron chi connectivity index (χ1n) is 12.1. The van der Waals surface area contributed by atoms with Gasteiger partial charge in [0.1, 0.15) is 23.5 Å². The van der Waals surface area contributed by atoms with Crippen molar-refractivity contribution in [2.45, 2.75) is 44.2 Å². The Morgan fingerprint density at radius 3 is 2.80 bits per heavy atom. The van der Waals surface area contributed by atoms with E-state index in [0.717, 1.165) is 30.2 Å². The first-order chi connectivity index (χ1) is 16.9. The Hall–Kier alpha value is -3.56. The van der Waals surface area contributed by atoms with Crippen LogP contribution in [-0.4, -0.2) is 71.0 Å². The van der Waals surface area contributed by atoms with Crippen molar-refractivity contribution in [1.82, 2.24) is 20.5 Å². The van der Waals surface area contributed by atoms with Crippen LogP contribution in [0.3, 0.4) is 0 Å². The summed E-state index contributed by atoms with van der Waals surface area (Å²) < 4.78 is 5.40. The van der Waals surface area contributed by atoms with Crippen LogP contribution in [-0.2, 0) is 14.4 Å². The van der Waals surface area contributed by atoms with Gasteiger partial charge < -0.3 is 30.4 Å². The Morgan fingerprint density at radius 2 is 2.09 bits per heavy atom. The molecule has 186 valence electrons. The van der Waals surface area contributed by atoms with Crippen molar-refractivity contribution >= 4 is 34.6 Å². The molecule has 1 unspecified atom stereocenters. The van der Waals surface area contributed by atoms with Crippen LogP contribution in [0.5, 0.6) is 5.75 Å². The second-order valence-corrected chi connectivity index (χ2v) is 9.77. The minimum absolute atomic E-state index is 0.0120. The lowest BCUT2D eigenvalue weighted by atomic mass is 9.92. The number of carbonyl (C=O) groups is 4. The summed E-state index contributed by atoms with van der Waals surface area (Å²) in [6.07, 6.45) is 3.30. The fourth-order valence-corrected chi connectivity index (χ4v) is 6.06. The number of likely N-dealkylation sites (tertiary alicyclic amines) is 1. The predicted molar refractivity (Wildman–Crippen MR) is 126 cm³/mol. The average Bonchev–Trinajstić information content (AvgIpc) is 3.61. The average molecular weight is 483 g/mol. The molecule has 0 spiro atoms. The number of hydrogen-bond acceptors (Lipinski definition) is 5. The smallest absolute Gasteiger partial charge is 0.326 e. The summed E-state index contributed by atoms with van der Waals surface area (Å²) in [6, 6.07) is 5.30. The quantitative estimate of drug-likeness (QED) is 0.472. The molecule has 1 saturated carbocycles. The van der Waals surface area contributed by atoms with Crippen LogP contribution in [0.15, 0.2) is 24.3 Å². The number of aromatic amines is 1. The van der Waals surface area contributed by atoms with Crippen molar-refractivity contribution in [1.29, 1.82) is 0 Å². The zero-order valence-electron chi connectivity index (χ0n) is 19.6. The summed E-state index contributed by atoms with van der Waals surface area (Å²) in [7, 11) is 1.57. The molecule has 3 heterocycles. The van der Waals surface area contributed by atoms with Crippen LogP contribution in [0.2, 0.25) is 0 Å². The number of carboxylic acid groups (broad SMARTS) is 1. The van der Waals surface area contributed by atoms with Gasteiger partial charge in [0.05, 0.1) is 7.11 Å². The highest BCUT2D eigenvalue weighted by Crippen LogP contribution is 2.43. The number of amides is 3. The predicted octanol–water partition coefficient (Wildman–Crippen LogP) is 1.51. The maximum atomic E-state index is 13.6. The zero-order valence-corrected chi connectivity index (χ0v) is 19.6. The molecule has 3 amide bonds. The summed E-state index contributed by atoms with van der Waals surface area (Å²) in [4.78, 5) is 55.7. The molecule has 2 saturated heterocycles. The highest BCUT2D eigenvalue weighted by atomic mass is 16.5. The number of aliphatic carboxylic acids is 1. The summed E-state index contributed by atoms with van der Waals surface area (Å²) in [5, 5.41) is 15.9. The van der Waals surface area contributed by atoms with Gasteiger partial charge in [-0.15, -0.1) is 0 Å². The largest absolute Gasteiger partial charge is 0.496 e. The number of carbonyl (C=O) groups excluding carboxylic acids is 3. The van der Waals surface area contributed by atoms with Gasteiger partial charge in [0.15, 0.2) is 0 Å². The number of rotatable bonds is 7. The van der Waals surface area contributed by atoms with Gasteiger partial charge >= 0.3 is 5.97 Å². The van der Waals surface area contributed by atoms with Gasteiger partial charge in [-0.3, -0.25) is 14.4 Å². The van der Waals surface area contributed by atoms with Crippen LogP contribution in [0.4, 0.5) is 0 Å². The van der Waals surface area contributed by atoms with E-state index in [0.29, 0.717) is 31.0 Å². The number of carboxylic acids is 1. The van der Waals surface area contributed by atoms with Gasteiger partial charge in [0.2, 0.25) is 11.8 Å². The second-order valence-electron chi connectivity index (χ2n) is 9.77. The van der Waals surface area contributed by atoms with Crippen molar-refractivity contribution in [3.8, 4) is 5.75 Å². The number of hydrogen-bond donors (Lipinski definition) is 4. The van der Waals surface area contributed by atoms with Crippen molar-refractivity contribution in [3.63, 3.8) is 0 Å². The molecule has 0 bridgehead atoms. The highest BCUT2D eigenvalue weighted by Gasteiger charge is 2.50. The van der Waals surface area contributed by atoms with Crippen LogP contribution in [0.25, 0.3) is 10.9 Å². The molecule has 1 aromatic carbocycles. The van der Waals surface area contributed by atoms with Gasteiger partial charge in [-0.1, -0.05) is 12.5 Å². The third kappa shape index (κ3) is 4.21. The molecule has 10 heteroatoms. The fraction of sp³-hybridized carbons (Fsp3) is 0.520. The Labute approximate surface area is 202 Å². The molecule has 1 aromatic heterocycles. The molecule has 5 rings (SSSR count). The van der Waals surface area contributed by atoms with E-state index < -0.39 is 29.9 Å². The van der Waals surface area contributed by atoms with Gasteiger partial charge in [-0.25, -0.2) is 4.79 Å². The summed E-state index contributed by atoms with van der Waals surface area (Å²) in [5.41, 5.74) is 1.12. The summed E-state index contributed by atoms with van der Waals surface area (Å²) in [5.74, 6) is -1.73. The van der Waals surface area contributed by atoms with E-state index in [1.54, 1.807) is 18.1 Å². The molecular weight excluding hydrogens is 452 g/mol. The number of H-pyrrole nitrogens is 1. The second kappa shape index (κ2) is 9.24. The van der Waals surface area contributed by atoms with E-state index in [2.05, 4.69) is 15.6 Å². The van der Waals surface area contributed by atoms with Gasteiger partial charge in [0, 0.05) is 29.9 Å². The molecule has 2 aliphatic heterocycles. The lowest BCUT2D eigenvalue weighted by Crippen LogP contribution is -2.53. The van der Waals surface area contributed by atoms with Crippen LogP contribution in [0, 0.1) is 17.8 Å². The zero-order chi connectivity index (χ0) is 24.7. The first-order valence-corrected chi connectivity index (χ1v) is 12.1. The standard InChI is InChI=1S/C25H30N4O6/c1-35-20-7-3-6-17-16(20)11-18(27-17)24(32)29-12-14-4-2-5-15(14)21(29)23(31)28-19(25(33)34)10-13-8-9-26-22(13)30/h3,6-7,11,13-15,19,21,27H,2,4-5,8-10,12H2,1H3,(H,26,30)(H,28,31)(H,33,34)/t13-,14-,15-,19?,21-/m0/s1. The molecule has 35 heavy (non-hydrogen) atoms. The third-order valence-electron chi connectivity index (χ3n) is 7.79. The Balaban J connectivity index is 1.39. The van der Waals surface area contributed by atoms with E-state index in [1.165, 1.54) is 0 Å². The van der Waals surface area contributed by atoms with Crippen LogP contribution >= 0.6 is 0 Å². The van der Waals surface area contributed by atoms with E-state index in [4.69, 9.17) is 4.74 Å². The highest BCUT2D eigenvalue weighted by molar-refractivity contribution is 6.02. The molecule has 10 nitrogen and oxygen atoms in total. The number of methoxy groups -OCH3 is 1. The molecule has 0 radical (unpaired) electrons. The Kier molecular flexibility index (Phi) is 6.12. The monoisotopic (exact) mass is 482 g/mol. The summed E-state index contributed by atoms with van der Waals surface area (Å²) in [6.45, 7) is 0.963. The fourth-order valence-electron chi connectivity index (χ4n) is 6.06. The van der Waals surface area contributed by atoms with E-state index in [-0.39, 0.29) is 30.1 Å². The van der Waals surface area contributed by atoms with Crippen molar-refractivity contribution in [2.24, 2.45) is 17.8 Å². The molecule has 3 aliphatic rings. The third-order valence-corrected chi connectivity index (χ3v) is 7.79. The lowest BCUT2D eigenvalue weighted by molar-refractivity contribution is -0.143. The number of benzene rings is 1. The minimum atomic E-state index is -1.19. The SMILES string of the molecule is COc1cccc2[nH]c(C(=O)N3C[C@@H]4CCC[C@@H]4[C@H]3C(=O)NC(C[C@@H]3CCNC3=O)C(=O)O)cc12. The van der Waals surface area contributed by atoms with E-state index >= 15 is 0 Å². The number of nitrogens with zero attached hydrogens (tertiary/aromatic N) is 1. The number of fused-ring (bicyclic) bond motifs is 2. The van der Waals surface area contributed by atoms with Crippen LogP contribution in [0.1, 0.15) is 42.6 Å². The molecule has 2 aromatic rings. The molecule has 5 atom stereocenters. The van der Waals surface area contributed by atoms with E-state index in [9.17, 15) is 24.3 Å². The molecule has 3 fully saturated rings. The normalized spacial score (nSPS) is 26.4. The molecular formula is C25H30N4O6. The minimum Gasteiger partial charge on any atom is -0.496 e. The summed E-state index contributed by atoms with van der Waals surface area (Å²) >= 11 is 0. The van der Waals surface area contributed by atoms with Crippen molar-refractivity contribution in [2.75, 3.05) is 20.2 Å².